The van der Waals surface area contributed by atoms with Gasteiger partial charge in [-0.3, -0.25) is 0 Å². The number of hydrogen-bond donors (Lipinski definition) is 1. The average molecular weight is 393 g/mol. The molecule has 0 saturated carbocycles. The quantitative estimate of drug-likeness (QED) is 0.355. The normalized spacial score (nSPS) is 22.3. The zero-order valence-corrected chi connectivity index (χ0v) is 17.9. The second kappa shape index (κ2) is 6.50. The van der Waals surface area contributed by atoms with Crippen LogP contribution in [0.1, 0.15) is 47.6 Å². The zero-order valence-electron chi connectivity index (χ0n) is 17.9. The molecule has 1 aliphatic carbocycles. The van der Waals surface area contributed by atoms with Crippen molar-refractivity contribution in [2.45, 2.75) is 45.7 Å². The summed E-state index contributed by atoms with van der Waals surface area (Å²) in [6, 6.07) is 20.9. The van der Waals surface area contributed by atoms with Gasteiger partial charge in [0, 0.05) is 40.0 Å². The van der Waals surface area contributed by atoms with Gasteiger partial charge in [0.25, 0.3) is 0 Å². The number of rotatable bonds is 2. The van der Waals surface area contributed by atoms with E-state index < -0.39 is 0 Å². The number of aryl methyl sites for hydroxylation is 2. The van der Waals surface area contributed by atoms with Crippen molar-refractivity contribution in [2.75, 3.05) is 5.32 Å². The van der Waals surface area contributed by atoms with Gasteiger partial charge < -0.3 is 9.88 Å². The molecule has 6 rings (SSSR count). The monoisotopic (exact) mass is 392 g/mol. The van der Waals surface area contributed by atoms with Gasteiger partial charge in [0.1, 0.15) is 0 Å². The molecule has 3 aromatic carbocycles. The summed E-state index contributed by atoms with van der Waals surface area (Å²) in [6.07, 6.45) is 5.97. The fourth-order valence-corrected chi connectivity index (χ4v) is 5.85. The number of para-hydroxylation sites is 1. The molecule has 4 aromatic rings. The van der Waals surface area contributed by atoms with Crippen LogP contribution in [0.25, 0.3) is 21.8 Å². The second-order valence-electron chi connectivity index (χ2n) is 8.99. The number of aromatic nitrogens is 1. The van der Waals surface area contributed by atoms with E-state index in [1.165, 1.54) is 49.7 Å². The molecule has 2 nitrogen and oxygen atoms in total. The summed E-state index contributed by atoms with van der Waals surface area (Å²) >= 11 is 0. The molecular formula is C28H28N2. The van der Waals surface area contributed by atoms with Gasteiger partial charge in [-0.2, -0.15) is 0 Å². The first kappa shape index (κ1) is 17.8. The molecule has 0 spiro atoms. The van der Waals surface area contributed by atoms with E-state index in [4.69, 9.17) is 0 Å². The molecule has 2 aliphatic rings. The van der Waals surface area contributed by atoms with Crippen LogP contribution >= 0.6 is 0 Å². The molecule has 2 heteroatoms. The molecule has 3 atom stereocenters. The van der Waals surface area contributed by atoms with Gasteiger partial charge in [0.15, 0.2) is 0 Å². The van der Waals surface area contributed by atoms with E-state index in [0.29, 0.717) is 17.9 Å². The Labute approximate surface area is 178 Å². The highest BCUT2D eigenvalue weighted by atomic mass is 15.0. The van der Waals surface area contributed by atoms with Crippen LogP contribution in [0.15, 0.2) is 66.7 Å². The van der Waals surface area contributed by atoms with Crippen molar-refractivity contribution in [3.63, 3.8) is 0 Å². The summed E-state index contributed by atoms with van der Waals surface area (Å²) < 4.78 is 2.44. The van der Waals surface area contributed by atoms with Crippen molar-refractivity contribution in [3.05, 3.63) is 89.0 Å². The molecule has 3 unspecified atom stereocenters. The highest BCUT2D eigenvalue weighted by molar-refractivity contribution is 6.08. The first-order valence-electron chi connectivity index (χ1n) is 11.2. The number of nitrogens with zero attached hydrogens (tertiary/aromatic N) is 1. The Hall–Kier alpha value is -3.00. The highest BCUT2D eigenvalue weighted by Crippen LogP contribution is 2.51. The van der Waals surface area contributed by atoms with Crippen LogP contribution in [0.3, 0.4) is 0 Å². The van der Waals surface area contributed by atoms with E-state index in [1.54, 1.807) is 0 Å². The van der Waals surface area contributed by atoms with Gasteiger partial charge in [-0.1, -0.05) is 48.6 Å². The maximum atomic E-state index is 3.98. The third-order valence-corrected chi connectivity index (χ3v) is 7.54. The summed E-state index contributed by atoms with van der Waals surface area (Å²) in [5, 5.41) is 6.72. The maximum absolute atomic E-state index is 3.98. The molecule has 0 fully saturated rings. The maximum Gasteiger partial charge on any atom is 0.0554 e. The SMILES string of the molecule is CCn1c2ccccc2c2cc(C3Nc4c(ccc(C)c4C)C4C=CCC43)ccc21. The third kappa shape index (κ3) is 2.37. The number of nitrogens with one attached hydrogen (secondary N) is 1. The Kier molecular flexibility index (Phi) is 3.86. The summed E-state index contributed by atoms with van der Waals surface area (Å²) in [5.41, 5.74) is 9.65. The molecule has 1 aliphatic heterocycles. The Morgan fingerprint density at radius 3 is 2.67 bits per heavy atom. The van der Waals surface area contributed by atoms with Gasteiger partial charge in [0.2, 0.25) is 0 Å². The summed E-state index contributed by atoms with van der Waals surface area (Å²) in [4.78, 5) is 0. The summed E-state index contributed by atoms with van der Waals surface area (Å²) in [6.45, 7) is 7.70. The van der Waals surface area contributed by atoms with Gasteiger partial charge >= 0.3 is 0 Å². The van der Waals surface area contributed by atoms with Crippen LogP contribution < -0.4 is 5.32 Å². The van der Waals surface area contributed by atoms with Crippen molar-refractivity contribution < 1.29 is 0 Å². The molecule has 2 heterocycles. The highest BCUT2D eigenvalue weighted by Gasteiger charge is 2.38. The van der Waals surface area contributed by atoms with Crippen molar-refractivity contribution in [3.8, 4) is 0 Å². The molecule has 0 radical (unpaired) electrons. The summed E-state index contributed by atoms with van der Waals surface area (Å²) in [5.74, 6) is 1.09. The molecule has 1 aromatic heterocycles. The molecular weight excluding hydrogens is 364 g/mol. The van der Waals surface area contributed by atoms with Gasteiger partial charge in [-0.25, -0.2) is 0 Å². The minimum Gasteiger partial charge on any atom is -0.377 e. The number of anilines is 1. The number of allylic oxidation sites excluding steroid dienone is 2. The van der Waals surface area contributed by atoms with Crippen molar-refractivity contribution in [1.29, 1.82) is 0 Å². The smallest absolute Gasteiger partial charge is 0.0554 e. The summed E-state index contributed by atoms with van der Waals surface area (Å²) in [7, 11) is 0. The van der Waals surface area contributed by atoms with Gasteiger partial charge in [0.05, 0.1) is 6.04 Å². The zero-order chi connectivity index (χ0) is 20.4. The van der Waals surface area contributed by atoms with E-state index in [-0.39, 0.29) is 0 Å². The molecule has 150 valence electrons. The predicted octanol–water partition coefficient (Wildman–Crippen LogP) is 7.26. The molecule has 0 amide bonds. The Morgan fingerprint density at radius 2 is 1.80 bits per heavy atom. The van der Waals surface area contributed by atoms with Crippen molar-refractivity contribution in [1.82, 2.24) is 4.57 Å². The topological polar surface area (TPSA) is 17.0 Å². The number of fused-ring (bicyclic) bond motifs is 6. The van der Waals surface area contributed by atoms with E-state index >= 15 is 0 Å². The van der Waals surface area contributed by atoms with Crippen molar-refractivity contribution in [2.24, 2.45) is 5.92 Å². The minimum atomic E-state index is 0.339. The molecule has 0 bridgehead atoms. The largest absolute Gasteiger partial charge is 0.377 e. The Morgan fingerprint density at radius 1 is 0.967 bits per heavy atom. The fraction of sp³-hybridized carbons (Fsp3) is 0.286. The third-order valence-electron chi connectivity index (χ3n) is 7.54. The lowest BCUT2D eigenvalue weighted by molar-refractivity contribution is 0.425. The van der Waals surface area contributed by atoms with E-state index in [9.17, 15) is 0 Å². The average Bonchev–Trinajstić information content (AvgIpc) is 3.38. The first-order valence-corrected chi connectivity index (χ1v) is 11.2. The van der Waals surface area contributed by atoms with E-state index in [0.717, 1.165) is 13.0 Å². The van der Waals surface area contributed by atoms with Crippen LogP contribution in [0.5, 0.6) is 0 Å². The minimum absolute atomic E-state index is 0.339. The van der Waals surface area contributed by atoms with Crippen LogP contribution in [0.4, 0.5) is 5.69 Å². The second-order valence-corrected chi connectivity index (χ2v) is 8.99. The predicted molar refractivity (Wildman–Crippen MR) is 127 cm³/mol. The lowest BCUT2D eigenvalue weighted by Crippen LogP contribution is -2.29. The van der Waals surface area contributed by atoms with Gasteiger partial charge in [-0.15, -0.1) is 0 Å². The fourth-order valence-electron chi connectivity index (χ4n) is 5.85. The lowest BCUT2D eigenvalue weighted by atomic mass is 9.76. The van der Waals surface area contributed by atoms with Crippen LogP contribution in [0, 0.1) is 19.8 Å². The number of hydrogen-bond acceptors (Lipinski definition) is 1. The Bertz CT molecular complexity index is 1320. The van der Waals surface area contributed by atoms with E-state index in [2.05, 4.69) is 97.4 Å². The van der Waals surface area contributed by atoms with Gasteiger partial charge in [-0.05, 0) is 73.6 Å². The molecule has 0 saturated heterocycles. The van der Waals surface area contributed by atoms with Crippen LogP contribution in [-0.4, -0.2) is 4.57 Å². The Balaban J connectivity index is 1.53. The first-order chi connectivity index (χ1) is 14.7. The van der Waals surface area contributed by atoms with Crippen LogP contribution in [-0.2, 0) is 6.54 Å². The van der Waals surface area contributed by atoms with Crippen LogP contribution in [0.2, 0.25) is 0 Å². The van der Waals surface area contributed by atoms with E-state index in [1.807, 2.05) is 0 Å². The van der Waals surface area contributed by atoms with Crippen molar-refractivity contribution >= 4 is 27.5 Å². The number of benzene rings is 3. The standard InChI is InChI=1S/C28H28N2/c1-4-30-25-11-6-5-8-21(25)24-16-19(13-15-26(24)30)28-22-10-7-9-20(22)23-14-12-17(2)18(3)27(23)29-28/h5-9,11-16,20,22,28-29H,4,10H2,1-3H3. The molecule has 1 N–H and O–H groups in total. The molecule has 30 heavy (non-hydrogen) atoms. The lowest BCUT2D eigenvalue weighted by Gasteiger charge is -2.38.